The number of thioether (sulfide) groups is 1. The third-order valence-corrected chi connectivity index (χ3v) is 4.25. The zero-order chi connectivity index (χ0) is 11.5. The summed E-state index contributed by atoms with van der Waals surface area (Å²) in [4.78, 5) is 0. The van der Waals surface area contributed by atoms with E-state index in [-0.39, 0.29) is 0 Å². The lowest BCUT2D eigenvalue weighted by Crippen LogP contribution is -2.11. The molecule has 86 valence electrons. The minimum absolute atomic E-state index is 0.486. The molecule has 2 heteroatoms. The molecule has 17 heavy (non-hydrogen) atoms. The Morgan fingerprint density at radius 1 is 0.882 bits per heavy atom. The van der Waals surface area contributed by atoms with Crippen molar-refractivity contribution < 1.29 is 0 Å². The number of nitrogens with one attached hydrogen (secondary N) is 1. The van der Waals surface area contributed by atoms with E-state index in [1.165, 1.54) is 22.4 Å². The first-order valence-corrected chi connectivity index (χ1v) is 6.99. The molecule has 1 saturated heterocycles. The molecule has 1 N–H and O–H groups in total. The van der Waals surface area contributed by atoms with Crippen LogP contribution in [0.4, 0.5) is 0 Å². The molecule has 1 heterocycles. The van der Waals surface area contributed by atoms with Gasteiger partial charge in [0.15, 0.2) is 0 Å². The van der Waals surface area contributed by atoms with Gasteiger partial charge < -0.3 is 5.32 Å². The fourth-order valence-corrected chi connectivity index (χ4v) is 3.18. The van der Waals surface area contributed by atoms with Crippen LogP contribution in [0.5, 0.6) is 0 Å². The van der Waals surface area contributed by atoms with Crippen molar-refractivity contribution in [3.8, 4) is 11.1 Å². The van der Waals surface area contributed by atoms with E-state index in [1.807, 2.05) is 11.8 Å². The van der Waals surface area contributed by atoms with E-state index in [9.17, 15) is 0 Å². The summed E-state index contributed by atoms with van der Waals surface area (Å²) in [7, 11) is 0. The molecule has 0 aliphatic carbocycles. The van der Waals surface area contributed by atoms with Gasteiger partial charge in [-0.15, -0.1) is 11.8 Å². The van der Waals surface area contributed by atoms with Crippen molar-refractivity contribution in [2.45, 2.75) is 5.37 Å². The second-order valence-corrected chi connectivity index (χ2v) is 5.41. The van der Waals surface area contributed by atoms with Gasteiger partial charge in [0.2, 0.25) is 0 Å². The summed E-state index contributed by atoms with van der Waals surface area (Å²) < 4.78 is 0. The maximum Gasteiger partial charge on any atom is 0.0790 e. The van der Waals surface area contributed by atoms with Crippen molar-refractivity contribution >= 4 is 11.8 Å². The topological polar surface area (TPSA) is 12.0 Å². The first-order chi connectivity index (χ1) is 8.43. The molecule has 1 nitrogen and oxygen atoms in total. The molecule has 0 amide bonds. The average Bonchev–Trinajstić information content (AvgIpc) is 2.94. The molecule has 1 atom stereocenters. The first kappa shape index (κ1) is 10.9. The second kappa shape index (κ2) is 4.94. The van der Waals surface area contributed by atoms with Gasteiger partial charge in [-0.1, -0.05) is 54.6 Å². The van der Waals surface area contributed by atoms with E-state index in [1.54, 1.807) is 0 Å². The Balaban J connectivity index is 1.85. The molecule has 1 aliphatic heterocycles. The molecular weight excluding hydrogens is 226 g/mol. The van der Waals surface area contributed by atoms with Crippen molar-refractivity contribution in [1.29, 1.82) is 0 Å². The third kappa shape index (κ3) is 2.38. The van der Waals surface area contributed by atoms with E-state index in [2.05, 4.69) is 59.9 Å². The molecular formula is C15H15NS. The third-order valence-electron chi connectivity index (χ3n) is 3.04. The summed E-state index contributed by atoms with van der Waals surface area (Å²) in [5, 5.41) is 3.98. The molecule has 0 spiro atoms. The predicted molar refractivity (Wildman–Crippen MR) is 75.1 cm³/mol. The summed E-state index contributed by atoms with van der Waals surface area (Å²) in [6.07, 6.45) is 0. The maximum atomic E-state index is 3.50. The van der Waals surface area contributed by atoms with Gasteiger partial charge in [-0.2, -0.15) is 0 Å². The van der Waals surface area contributed by atoms with Gasteiger partial charge in [-0.25, -0.2) is 0 Å². The zero-order valence-electron chi connectivity index (χ0n) is 9.60. The second-order valence-electron chi connectivity index (χ2n) is 4.19. The highest BCUT2D eigenvalue weighted by Crippen LogP contribution is 2.31. The number of rotatable bonds is 2. The summed E-state index contributed by atoms with van der Waals surface area (Å²) in [6.45, 7) is 1.12. The molecule has 1 fully saturated rings. The largest absolute Gasteiger partial charge is 0.301 e. The van der Waals surface area contributed by atoms with E-state index in [0.717, 1.165) is 6.54 Å². The van der Waals surface area contributed by atoms with Crippen LogP contribution in [0.1, 0.15) is 10.9 Å². The summed E-state index contributed by atoms with van der Waals surface area (Å²) in [6, 6.07) is 19.4. The smallest absolute Gasteiger partial charge is 0.0790 e. The van der Waals surface area contributed by atoms with E-state index >= 15 is 0 Å². The Morgan fingerprint density at radius 3 is 2.24 bits per heavy atom. The van der Waals surface area contributed by atoms with E-state index in [0.29, 0.717) is 5.37 Å². The fraction of sp³-hybridized carbons (Fsp3) is 0.200. The number of hydrogen-bond acceptors (Lipinski definition) is 2. The zero-order valence-corrected chi connectivity index (χ0v) is 10.4. The number of hydrogen-bond donors (Lipinski definition) is 1. The molecule has 1 unspecified atom stereocenters. The average molecular weight is 241 g/mol. The van der Waals surface area contributed by atoms with Gasteiger partial charge in [-0.3, -0.25) is 0 Å². The number of benzene rings is 2. The van der Waals surface area contributed by atoms with Crippen molar-refractivity contribution in [3.63, 3.8) is 0 Å². The van der Waals surface area contributed by atoms with Gasteiger partial charge in [0.25, 0.3) is 0 Å². The highest BCUT2D eigenvalue weighted by atomic mass is 32.2. The molecule has 0 radical (unpaired) electrons. The van der Waals surface area contributed by atoms with Crippen molar-refractivity contribution in [1.82, 2.24) is 5.32 Å². The highest BCUT2D eigenvalue weighted by Gasteiger charge is 2.16. The standard InChI is InChI=1S/C15H15NS/c1-2-4-12(5-3-1)13-6-8-14(9-7-13)15-16-10-11-17-15/h1-9,15-16H,10-11H2. The Morgan fingerprint density at radius 2 is 1.59 bits per heavy atom. The van der Waals surface area contributed by atoms with Gasteiger partial charge >= 0.3 is 0 Å². The van der Waals surface area contributed by atoms with Crippen LogP contribution in [0.25, 0.3) is 11.1 Å². The van der Waals surface area contributed by atoms with Crippen LogP contribution in [0.15, 0.2) is 54.6 Å². The summed E-state index contributed by atoms with van der Waals surface area (Å²) in [5.74, 6) is 1.21. The quantitative estimate of drug-likeness (QED) is 0.860. The van der Waals surface area contributed by atoms with E-state index in [4.69, 9.17) is 0 Å². The van der Waals surface area contributed by atoms with Crippen LogP contribution < -0.4 is 5.32 Å². The maximum absolute atomic E-state index is 3.50. The normalized spacial score (nSPS) is 19.4. The minimum atomic E-state index is 0.486. The molecule has 2 aromatic carbocycles. The van der Waals surface area contributed by atoms with Crippen LogP contribution in [0, 0.1) is 0 Å². The predicted octanol–water partition coefficient (Wildman–Crippen LogP) is 3.69. The van der Waals surface area contributed by atoms with E-state index < -0.39 is 0 Å². The van der Waals surface area contributed by atoms with Crippen LogP contribution >= 0.6 is 11.8 Å². The van der Waals surface area contributed by atoms with Crippen LogP contribution in [0.2, 0.25) is 0 Å². The monoisotopic (exact) mass is 241 g/mol. The highest BCUT2D eigenvalue weighted by molar-refractivity contribution is 7.99. The molecule has 0 saturated carbocycles. The van der Waals surface area contributed by atoms with Crippen LogP contribution in [0.3, 0.4) is 0 Å². The van der Waals surface area contributed by atoms with Gasteiger partial charge in [0, 0.05) is 12.3 Å². The van der Waals surface area contributed by atoms with Crippen molar-refractivity contribution in [2.24, 2.45) is 0 Å². The lowest BCUT2D eigenvalue weighted by molar-refractivity contribution is 0.751. The molecule has 0 aromatic heterocycles. The Bertz CT molecular complexity index is 472. The summed E-state index contributed by atoms with van der Waals surface area (Å²) in [5.41, 5.74) is 3.95. The Hall–Kier alpha value is -1.25. The molecule has 2 aromatic rings. The summed E-state index contributed by atoms with van der Waals surface area (Å²) >= 11 is 1.99. The minimum Gasteiger partial charge on any atom is -0.301 e. The Labute approximate surface area is 106 Å². The first-order valence-electron chi connectivity index (χ1n) is 5.94. The SMILES string of the molecule is c1ccc(-c2ccc(C3NCCS3)cc2)cc1. The van der Waals surface area contributed by atoms with Gasteiger partial charge in [-0.05, 0) is 16.7 Å². The fourth-order valence-electron chi connectivity index (χ4n) is 2.12. The van der Waals surface area contributed by atoms with Crippen LogP contribution in [-0.4, -0.2) is 12.3 Å². The molecule has 1 aliphatic rings. The Kier molecular flexibility index (Phi) is 3.16. The van der Waals surface area contributed by atoms with Gasteiger partial charge in [0.1, 0.15) is 0 Å². The lowest BCUT2D eigenvalue weighted by atomic mass is 10.0. The van der Waals surface area contributed by atoms with Gasteiger partial charge in [0.05, 0.1) is 5.37 Å². The van der Waals surface area contributed by atoms with Crippen molar-refractivity contribution in [3.05, 3.63) is 60.2 Å². The van der Waals surface area contributed by atoms with Crippen LogP contribution in [-0.2, 0) is 0 Å². The molecule has 3 rings (SSSR count). The lowest BCUT2D eigenvalue weighted by Gasteiger charge is -2.10. The van der Waals surface area contributed by atoms with Crippen molar-refractivity contribution in [2.75, 3.05) is 12.3 Å². The molecule has 0 bridgehead atoms.